The van der Waals surface area contributed by atoms with E-state index in [4.69, 9.17) is 4.98 Å². The normalized spacial score (nSPS) is 13.2. The summed E-state index contributed by atoms with van der Waals surface area (Å²) in [6.07, 6.45) is 3.08. The summed E-state index contributed by atoms with van der Waals surface area (Å²) in [5.74, 6) is 0.600. The lowest BCUT2D eigenvalue weighted by atomic mass is 10.2. The van der Waals surface area contributed by atoms with Crippen LogP contribution in [0.2, 0.25) is 0 Å². The molecule has 5 nitrogen and oxygen atoms in total. The maximum atomic E-state index is 13.4. The minimum Gasteiger partial charge on any atom is -0.355 e. The van der Waals surface area contributed by atoms with E-state index in [9.17, 15) is 9.59 Å². The molecule has 1 aliphatic rings. The van der Waals surface area contributed by atoms with Gasteiger partial charge >= 0.3 is 0 Å². The van der Waals surface area contributed by atoms with Crippen molar-refractivity contribution in [1.29, 1.82) is 0 Å². The van der Waals surface area contributed by atoms with Crippen LogP contribution in [0.15, 0.2) is 40.3 Å². The van der Waals surface area contributed by atoms with E-state index in [1.165, 1.54) is 22.2 Å². The molecular formula is C21H23N3O2S2. The fraction of sp³-hybridized carbons (Fsp3) is 0.381. The zero-order chi connectivity index (χ0) is 19.7. The van der Waals surface area contributed by atoms with E-state index >= 15 is 0 Å². The lowest BCUT2D eigenvalue weighted by Gasteiger charge is -2.13. The summed E-state index contributed by atoms with van der Waals surface area (Å²) in [7, 11) is 0. The van der Waals surface area contributed by atoms with E-state index in [0.717, 1.165) is 35.2 Å². The highest BCUT2D eigenvalue weighted by atomic mass is 32.2. The van der Waals surface area contributed by atoms with Gasteiger partial charge in [-0.25, -0.2) is 4.98 Å². The predicted molar refractivity (Wildman–Crippen MR) is 116 cm³/mol. The molecule has 7 heteroatoms. The molecule has 4 rings (SSSR count). The number of amides is 1. The summed E-state index contributed by atoms with van der Waals surface area (Å²) in [6, 6.07) is 9.56. The molecule has 1 aromatic carbocycles. The van der Waals surface area contributed by atoms with Gasteiger partial charge in [-0.15, -0.1) is 11.3 Å². The largest absolute Gasteiger partial charge is 0.355 e. The third-order valence-electron chi connectivity index (χ3n) is 4.76. The molecule has 3 aromatic rings. The Bertz CT molecular complexity index is 1070. The van der Waals surface area contributed by atoms with Crippen molar-refractivity contribution in [2.75, 3.05) is 12.3 Å². The maximum absolute atomic E-state index is 13.4. The molecule has 0 aliphatic heterocycles. The van der Waals surface area contributed by atoms with Gasteiger partial charge in [0.05, 0.1) is 16.8 Å². The van der Waals surface area contributed by atoms with Crippen molar-refractivity contribution in [1.82, 2.24) is 14.9 Å². The first-order chi connectivity index (χ1) is 13.5. The second kappa shape index (κ2) is 8.09. The van der Waals surface area contributed by atoms with Gasteiger partial charge in [0.15, 0.2) is 5.16 Å². The number of nitrogens with zero attached hydrogens (tertiary/aromatic N) is 2. The first-order valence-corrected chi connectivity index (χ1v) is 11.4. The fourth-order valence-corrected chi connectivity index (χ4v) is 5.57. The summed E-state index contributed by atoms with van der Waals surface area (Å²) < 4.78 is 1.66. The number of para-hydroxylation sites is 1. The van der Waals surface area contributed by atoms with Crippen LogP contribution in [0.3, 0.4) is 0 Å². The topological polar surface area (TPSA) is 64.0 Å². The Labute approximate surface area is 172 Å². The summed E-state index contributed by atoms with van der Waals surface area (Å²) >= 11 is 2.95. The number of aromatic nitrogens is 2. The Balaban J connectivity index is 1.74. The highest BCUT2D eigenvalue weighted by Gasteiger charge is 2.24. The van der Waals surface area contributed by atoms with E-state index in [-0.39, 0.29) is 17.2 Å². The number of aryl methyl sites for hydroxylation is 2. The Morgan fingerprint density at radius 2 is 2.07 bits per heavy atom. The molecule has 0 bridgehead atoms. The van der Waals surface area contributed by atoms with Crippen molar-refractivity contribution in [3.63, 3.8) is 0 Å². The van der Waals surface area contributed by atoms with Crippen molar-refractivity contribution < 1.29 is 4.79 Å². The molecule has 2 heterocycles. The summed E-state index contributed by atoms with van der Waals surface area (Å²) in [6.45, 7) is 4.77. The molecule has 1 aliphatic carbocycles. The number of hydrogen-bond acceptors (Lipinski definition) is 5. The van der Waals surface area contributed by atoms with E-state index < -0.39 is 0 Å². The van der Waals surface area contributed by atoms with Gasteiger partial charge < -0.3 is 5.32 Å². The number of carbonyl (C=O) groups is 1. The molecule has 0 radical (unpaired) electrons. The highest BCUT2D eigenvalue weighted by Crippen LogP contribution is 2.36. The summed E-state index contributed by atoms with van der Waals surface area (Å²) in [5, 5.41) is 4.25. The fourth-order valence-electron chi connectivity index (χ4n) is 3.43. The number of thioether (sulfide) groups is 1. The second-order valence-corrected chi connectivity index (χ2v) is 9.42. The van der Waals surface area contributed by atoms with Gasteiger partial charge in [0, 0.05) is 11.4 Å². The first kappa shape index (κ1) is 19.2. The third kappa shape index (κ3) is 3.73. The first-order valence-electron chi connectivity index (χ1n) is 9.57. The van der Waals surface area contributed by atoms with Crippen LogP contribution in [-0.2, 0) is 17.6 Å². The van der Waals surface area contributed by atoms with Crippen molar-refractivity contribution in [2.24, 2.45) is 5.92 Å². The lowest BCUT2D eigenvalue weighted by Crippen LogP contribution is -2.29. The summed E-state index contributed by atoms with van der Waals surface area (Å²) in [4.78, 5) is 32.5. The number of nitrogens with one attached hydrogen (secondary N) is 1. The van der Waals surface area contributed by atoms with Crippen LogP contribution in [0.1, 0.15) is 30.7 Å². The minimum atomic E-state index is -0.0404. The zero-order valence-electron chi connectivity index (χ0n) is 16.0. The van der Waals surface area contributed by atoms with Crippen LogP contribution in [0.5, 0.6) is 0 Å². The maximum Gasteiger partial charge on any atom is 0.267 e. The predicted octanol–water partition coefficient (Wildman–Crippen LogP) is 3.80. The number of carbonyl (C=O) groups excluding carboxylic acids is 1. The van der Waals surface area contributed by atoms with Crippen LogP contribution in [-0.4, -0.2) is 27.8 Å². The van der Waals surface area contributed by atoms with Gasteiger partial charge in [0.2, 0.25) is 5.91 Å². The lowest BCUT2D eigenvalue weighted by molar-refractivity contribution is -0.118. The highest BCUT2D eigenvalue weighted by molar-refractivity contribution is 7.99. The van der Waals surface area contributed by atoms with Crippen LogP contribution >= 0.6 is 23.1 Å². The monoisotopic (exact) mass is 413 g/mol. The molecule has 146 valence electrons. The standard InChI is InChI=1S/C21H23N3O2S2/c1-13(2)11-22-17(25)12-27-21-23-19-18(15-9-6-10-16(15)28-19)20(26)24(21)14-7-4-3-5-8-14/h3-5,7-8,13H,6,9-12H2,1-2H3,(H,22,25). The summed E-state index contributed by atoms with van der Waals surface area (Å²) in [5.41, 5.74) is 1.93. The molecule has 1 amide bonds. The van der Waals surface area contributed by atoms with Gasteiger partial charge in [-0.2, -0.15) is 0 Å². The van der Waals surface area contributed by atoms with Gasteiger partial charge in [0.25, 0.3) is 5.56 Å². The molecule has 0 atom stereocenters. The van der Waals surface area contributed by atoms with E-state index in [1.807, 2.05) is 30.3 Å². The number of hydrogen-bond donors (Lipinski definition) is 1. The molecule has 0 saturated carbocycles. The molecule has 0 spiro atoms. The van der Waals surface area contributed by atoms with Crippen LogP contribution in [0.25, 0.3) is 15.9 Å². The van der Waals surface area contributed by atoms with Crippen LogP contribution in [0, 0.1) is 5.92 Å². The Morgan fingerprint density at radius 1 is 1.29 bits per heavy atom. The Morgan fingerprint density at radius 3 is 2.82 bits per heavy atom. The quantitative estimate of drug-likeness (QED) is 0.493. The molecule has 2 aromatic heterocycles. The van der Waals surface area contributed by atoms with Crippen molar-refractivity contribution in [3.05, 3.63) is 51.1 Å². The smallest absolute Gasteiger partial charge is 0.267 e. The van der Waals surface area contributed by atoms with Crippen molar-refractivity contribution in [3.8, 4) is 5.69 Å². The molecule has 0 unspecified atom stereocenters. The Hall–Kier alpha value is -2.12. The average Bonchev–Trinajstić information content (AvgIpc) is 3.26. The van der Waals surface area contributed by atoms with Crippen LogP contribution in [0.4, 0.5) is 0 Å². The van der Waals surface area contributed by atoms with E-state index in [2.05, 4.69) is 19.2 Å². The zero-order valence-corrected chi connectivity index (χ0v) is 17.7. The van der Waals surface area contributed by atoms with Crippen molar-refractivity contribution >= 4 is 39.2 Å². The number of thiophene rings is 1. The molecule has 0 fully saturated rings. The van der Waals surface area contributed by atoms with Crippen LogP contribution < -0.4 is 10.9 Å². The van der Waals surface area contributed by atoms with Crippen molar-refractivity contribution in [2.45, 2.75) is 38.3 Å². The average molecular weight is 414 g/mol. The second-order valence-electron chi connectivity index (χ2n) is 7.39. The number of benzene rings is 1. The third-order valence-corrected chi connectivity index (χ3v) is 6.89. The van der Waals surface area contributed by atoms with Gasteiger partial charge in [-0.05, 0) is 42.9 Å². The van der Waals surface area contributed by atoms with E-state index in [0.29, 0.717) is 17.6 Å². The molecule has 28 heavy (non-hydrogen) atoms. The van der Waals surface area contributed by atoms with Gasteiger partial charge in [-0.3, -0.25) is 14.2 Å². The number of fused-ring (bicyclic) bond motifs is 3. The van der Waals surface area contributed by atoms with E-state index in [1.54, 1.807) is 15.9 Å². The molecule has 0 saturated heterocycles. The number of rotatable bonds is 6. The molecular weight excluding hydrogens is 390 g/mol. The Kier molecular flexibility index (Phi) is 5.55. The SMILES string of the molecule is CC(C)CNC(=O)CSc1nc2sc3c(c2c(=O)n1-c1ccccc1)CCC3. The van der Waals surface area contributed by atoms with Gasteiger partial charge in [0.1, 0.15) is 4.83 Å². The molecule has 1 N–H and O–H groups in total. The van der Waals surface area contributed by atoms with Gasteiger partial charge in [-0.1, -0.05) is 43.8 Å². The minimum absolute atomic E-state index is 0.0271.